The van der Waals surface area contributed by atoms with Crippen LogP contribution in [0.5, 0.6) is 5.75 Å². The number of hydrogen-bond donors (Lipinski definition) is 0. The van der Waals surface area contributed by atoms with Gasteiger partial charge in [0.15, 0.2) is 18.4 Å². The second kappa shape index (κ2) is 11.0. The molecule has 0 atom stereocenters. The van der Waals surface area contributed by atoms with Gasteiger partial charge < -0.3 is 23.7 Å². The van der Waals surface area contributed by atoms with Crippen LogP contribution in [0.4, 0.5) is 10.1 Å². The Kier molecular flexibility index (Phi) is 9.04. The maximum Gasteiger partial charge on any atom is 0.331 e. The molecule has 1 aliphatic rings. The van der Waals surface area contributed by atoms with Crippen molar-refractivity contribution in [3.05, 3.63) is 22.4 Å². The SMILES string of the molecule is COCCOCOc1cc(Br)cc(F)c1N1CC(=O)N(COCCOC)S1(=O)=O. The largest absolute Gasteiger partial charge is 0.465 e. The highest BCUT2D eigenvalue weighted by atomic mass is 79.9. The van der Waals surface area contributed by atoms with E-state index in [1.807, 2.05) is 0 Å². The molecule has 0 unspecified atom stereocenters. The van der Waals surface area contributed by atoms with Gasteiger partial charge in [0.25, 0.3) is 5.91 Å². The Morgan fingerprint density at radius 3 is 2.41 bits per heavy atom. The summed E-state index contributed by atoms with van der Waals surface area (Å²) in [6.07, 6.45) is 0. The molecule has 0 N–H and O–H groups in total. The Bertz CT molecular complexity index is 810. The number of benzene rings is 1. The van der Waals surface area contributed by atoms with E-state index in [1.165, 1.54) is 20.3 Å². The number of amides is 1. The fourth-order valence-electron chi connectivity index (χ4n) is 2.35. The summed E-state index contributed by atoms with van der Waals surface area (Å²) in [6, 6.07) is 2.46. The number of methoxy groups -OCH3 is 2. The average Bonchev–Trinajstić information content (AvgIpc) is 2.87. The standard InChI is InChI=1S/C16H22BrFN2O8S/c1-24-3-5-26-10-20-15(21)9-19(29(20,22)23)16-13(18)7-12(17)8-14(16)28-11-27-6-4-25-2/h7-8H,3-6,9-11H2,1-2H3. The maximum atomic E-state index is 14.7. The molecule has 1 fully saturated rings. The first-order chi connectivity index (χ1) is 13.8. The normalized spacial score (nSPS) is 15.9. The van der Waals surface area contributed by atoms with Gasteiger partial charge in [0, 0.05) is 18.7 Å². The van der Waals surface area contributed by atoms with Crippen LogP contribution in [0.3, 0.4) is 0 Å². The molecule has 1 saturated heterocycles. The fraction of sp³-hybridized carbons (Fsp3) is 0.562. The van der Waals surface area contributed by atoms with Gasteiger partial charge in [0.1, 0.15) is 19.0 Å². The molecule has 1 aliphatic heterocycles. The molecule has 0 aromatic heterocycles. The number of nitrogens with zero attached hydrogens (tertiary/aromatic N) is 2. The highest BCUT2D eigenvalue weighted by Crippen LogP contribution is 2.38. The molecule has 164 valence electrons. The summed E-state index contributed by atoms with van der Waals surface area (Å²) in [5, 5.41) is 0. The van der Waals surface area contributed by atoms with Gasteiger partial charge in [0.2, 0.25) is 0 Å². The zero-order valence-electron chi connectivity index (χ0n) is 15.9. The van der Waals surface area contributed by atoms with Gasteiger partial charge in [-0.1, -0.05) is 15.9 Å². The summed E-state index contributed by atoms with van der Waals surface area (Å²) < 4.78 is 67.2. The lowest BCUT2D eigenvalue weighted by Gasteiger charge is -2.22. The molecule has 0 saturated carbocycles. The van der Waals surface area contributed by atoms with E-state index < -0.39 is 40.9 Å². The number of halogens is 2. The van der Waals surface area contributed by atoms with E-state index >= 15 is 0 Å². The molecule has 1 heterocycles. The van der Waals surface area contributed by atoms with Crippen molar-refractivity contribution >= 4 is 37.7 Å². The molecule has 1 aromatic carbocycles. The third-order valence-corrected chi connectivity index (χ3v) is 5.92. The van der Waals surface area contributed by atoms with E-state index in [4.69, 9.17) is 23.7 Å². The summed E-state index contributed by atoms with van der Waals surface area (Å²) in [4.78, 5) is 12.2. The van der Waals surface area contributed by atoms with E-state index in [0.29, 0.717) is 19.7 Å². The Hall–Kier alpha value is -1.51. The topological polar surface area (TPSA) is 104 Å². The van der Waals surface area contributed by atoms with Crippen molar-refractivity contribution in [3.63, 3.8) is 0 Å². The lowest BCUT2D eigenvalue weighted by Crippen LogP contribution is -2.36. The minimum absolute atomic E-state index is 0.0929. The van der Waals surface area contributed by atoms with E-state index in [0.717, 1.165) is 6.07 Å². The number of anilines is 1. The lowest BCUT2D eigenvalue weighted by molar-refractivity contribution is -0.127. The summed E-state index contributed by atoms with van der Waals surface area (Å²) in [5.41, 5.74) is -0.392. The van der Waals surface area contributed by atoms with Crippen LogP contribution in [0, 0.1) is 5.82 Å². The van der Waals surface area contributed by atoms with Crippen molar-refractivity contribution in [2.24, 2.45) is 0 Å². The van der Waals surface area contributed by atoms with Crippen LogP contribution < -0.4 is 9.04 Å². The molecule has 0 radical (unpaired) electrons. The highest BCUT2D eigenvalue weighted by Gasteiger charge is 2.45. The number of ether oxygens (including phenoxy) is 5. The van der Waals surface area contributed by atoms with Gasteiger partial charge in [-0.25, -0.2) is 8.70 Å². The predicted molar refractivity (Wildman–Crippen MR) is 103 cm³/mol. The third kappa shape index (κ3) is 5.99. The highest BCUT2D eigenvalue weighted by molar-refractivity contribution is 9.10. The van der Waals surface area contributed by atoms with Crippen LogP contribution in [0.1, 0.15) is 0 Å². The molecular weight excluding hydrogens is 479 g/mol. The van der Waals surface area contributed by atoms with Crippen molar-refractivity contribution in [2.45, 2.75) is 0 Å². The van der Waals surface area contributed by atoms with Crippen molar-refractivity contribution in [1.29, 1.82) is 0 Å². The van der Waals surface area contributed by atoms with Crippen molar-refractivity contribution in [3.8, 4) is 5.75 Å². The van der Waals surface area contributed by atoms with Crippen LogP contribution in [0.25, 0.3) is 0 Å². The van der Waals surface area contributed by atoms with Gasteiger partial charge in [-0.2, -0.15) is 12.7 Å². The van der Waals surface area contributed by atoms with Crippen LogP contribution in [-0.4, -0.2) is 79.3 Å². The van der Waals surface area contributed by atoms with Crippen LogP contribution in [0.15, 0.2) is 16.6 Å². The van der Waals surface area contributed by atoms with Crippen LogP contribution in [-0.2, 0) is 34.0 Å². The second-order valence-corrected chi connectivity index (χ2v) is 8.38. The zero-order chi connectivity index (χ0) is 21.4. The molecule has 2 rings (SSSR count). The quantitative estimate of drug-likeness (QED) is 0.310. The Morgan fingerprint density at radius 1 is 1.10 bits per heavy atom. The third-order valence-electron chi connectivity index (χ3n) is 3.73. The Morgan fingerprint density at radius 2 is 1.76 bits per heavy atom. The van der Waals surface area contributed by atoms with Crippen molar-refractivity contribution in [2.75, 3.05) is 65.0 Å². The molecule has 10 nitrogen and oxygen atoms in total. The number of rotatable bonds is 12. The van der Waals surface area contributed by atoms with Gasteiger partial charge in [0.05, 0.1) is 26.4 Å². The average molecular weight is 501 g/mol. The van der Waals surface area contributed by atoms with Gasteiger partial charge >= 0.3 is 10.2 Å². The first kappa shape index (κ1) is 23.8. The summed E-state index contributed by atoms with van der Waals surface area (Å²) in [7, 11) is -1.40. The maximum absolute atomic E-state index is 14.7. The lowest BCUT2D eigenvalue weighted by atomic mass is 10.2. The monoisotopic (exact) mass is 500 g/mol. The first-order valence-electron chi connectivity index (χ1n) is 8.41. The second-order valence-electron chi connectivity index (χ2n) is 5.68. The number of carbonyl (C=O) groups is 1. The van der Waals surface area contributed by atoms with E-state index in [1.54, 1.807) is 0 Å². The molecule has 13 heteroatoms. The van der Waals surface area contributed by atoms with Crippen LogP contribution >= 0.6 is 15.9 Å². The summed E-state index contributed by atoms with van der Waals surface area (Å²) in [6.45, 7) is -0.474. The summed E-state index contributed by atoms with van der Waals surface area (Å²) in [5.74, 6) is -1.75. The first-order valence-corrected chi connectivity index (χ1v) is 10.6. The molecule has 1 aromatic rings. The van der Waals surface area contributed by atoms with Crippen LogP contribution in [0.2, 0.25) is 0 Å². The predicted octanol–water partition coefficient (Wildman–Crippen LogP) is 1.10. The number of hydrogen-bond acceptors (Lipinski definition) is 8. The molecule has 29 heavy (non-hydrogen) atoms. The fourth-order valence-corrected chi connectivity index (χ4v) is 4.21. The van der Waals surface area contributed by atoms with E-state index in [2.05, 4.69) is 15.9 Å². The Labute approximate surface area is 176 Å². The molecule has 0 spiro atoms. The van der Waals surface area contributed by atoms with Gasteiger partial charge in [-0.15, -0.1) is 0 Å². The molecule has 0 bridgehead atoms. The Balaban J connectivity index is 2.22. The van der Waals surface area contributed by atoms with Crippen molar-refractivity contribution < 1.29 is 41.3 Å². The molecule has 0 aliphatic carbocycles. The number of carbonyl (C=O) groups excluding carboxylic acids is 1. The summed E-state index contributed by atoms with van der Waals surface area (Å²) >= 11 is 3.13. The van der Waals surface area contributed by atoms with E-state index in [-0.39, 0.29) is 32.4 Å². The smallest absolute Gasteiger partial charge is 0.331 e. The van der Waals surface area contributed by atoms with E-state index in [9.17, 15) is 17.6 Å². The van der Waals surface area contributed by atoms with Crippen molar-refractivity contribution in [1.82, 2.24) is 4.31 Å². The van der Waals surface area contributed by atoms with Gasteiger partial charge in [-0.3, -0.25) is 4.79 Å². The minimum Gasteiger partial charge on any atom is -0.465 e. The minimum atomic E-state index is -4.36. The zero-order valence-corrected chi connectivity index (χ0v) is 18.3. The van der Waals surface area contributed by atoms with Gasteiger partial charge in [-0.05, 0) is 12.1 Å². The molecule has 1 amide bonds. The molecular formula is C16H22BrFN2O8S.